The van der Waals surface area contributed by atoms with Gasteiger partial charge in [-0.25, -0.2) is 4.79 Å². The molecular formula is C15H21N3O3. The zero-order valence-electron chi connectivity index (χ0n) is 12.2. The van der Waals surface area contributed by atoms with E-state index in [1.165, 1.54) is 0 Å². The van der Waals surface area contributed by atoms with E-state index >= 15 is 0 Å². The van der Waals surface area contributed by atoms with Crippen molar-refractivity contribution in [3.63, 3.8) is 0 Å². The average Bonchev–Trinajstić information content (AvgIpc) is 2.46. The number of aromatic nitrogens is 1. The van der Waals surface area contributed by atoms with E-state index in [1.54, 1.807) is 17.3 Å². The highest BCUT2D eigenvalue weighted by Gasteiger charge is 2.24. The van der Waals surface area contributed by atoms with Crippen molar-refractivity contribution < 1.29 is 14.7 Å². The van der Waals surface area contributed by atoms with Crippen LogP contribution in [0.5, 0.6) is 0 Å². The molecule has 0 atom stereocenters. The Hall–Kier alpha value is -2.11. The lowest BCUT2D eigenvalue weighted by atomic mass is 9.94. The third kappa shape index (κ3) is 4.44. The van der Waals surface area contributed by atoms with Gasteiger partial charge in [0, 0.05) is 38.4 Å². The van der Waals surface area contributed by atoms with Gasteiger partial charge < -0.3 is 15.3 Å². The van der Waals surface area contributed by atoms with Gasteiger partial charge in [-0.1, -0.05) is 0 Å². The van der Waals surface area contributed by atoms with E-state index in [-0.39, 0.29) is 18.4 Å². The van der Waals surface area contributed by atoms with Crippen LogP contribution in [-0.2, 0) is 11.3 Å². The average molecular weight is 291 g/mol. The molecule has 1 aromatic rings. The molecule has 0 aliphatic carbocycles. The van der Waals surface area contributed by atoms with Gasteiger partial charge >= 0.3 is 12.0 Å². The Morgan fingerprint density at radius 1 is 1.43 bits per heavy atom. The maximum Gasteiger partial charge on any atom is 0.317 e. The molecule has 2 heterocycles. The summed E-state index contributed by atoms with van der Waals surface area (Å²) < 4.78 is 0. The summed E-state index contributed by atoms with van der Waals surface area (Å²) in [7, 11) is 0. The SMILES string of the molecule is Cc1ccncc1CNC(=O)N1CCC(CC(=O)O)CC1. The number of hydrogen-bond donors (Lipinski definition) is 2. The molecule has 2 N–H and O–H groups in total. The van der Waals surface area contributed by atoms with Crippen molar-refractivity contribution >= 4 is 12.0 Å². The summed E-state index contributed by atoms with van der Waals surface area (Å²) in [6.45, 7) is 3.69. The normalized spacial score (nSPS) is 15.8. The van der Waals surface area contributed by atoms with Crippen molar-refractivity contribution in [3.05, 3.63) is 29.6 Å². The van der Waals surface area contributed by atoms with E-state index in [4.69, 9.17) is 5.11 Å². The standard InChI is InChI=1S/C15H21N3O3/c1-11-2-5-16-9-13(11)10-17-15(21)18-6-3-12(4-7-18)8-14(19)20/h2,5,9,12H,3-4,6-8,10H2,1H3,(H,17,21)(H,19,20). The summed E-state index contributed by atoms with van der Waals surface area (Å²) in [6.07, 6.45) is 5.20. The van der Waals surface area contributed by atoms with E-state index in [9.17, 15) is 9.59 Å². The van der Waals surface area contributed by atoms with Gasteiger partial charge in [0.15, 0.2) is 0 Å². The first kappa shape index (κ1) is 15.3. The Labute approximate surface area is 124 Å². The van der Waals surface area contributed by atoms with E-state index in [0.29, 0.717) is 19.6 Å². The van der Waals surface area contributed by atoms with E-state index in [2.05, 4.69) is 10.3 Å². The largest absolute Gasteiger partial charge is 0.481 e. The second-order valence-corrected chi connectivity index (χ2v) is 5.49. The summed E-state index contributed by atoms with van der Waals surface area (Å²) in [5, 5.41) is 11.7. The zero-order chi connectivity index (χ0) is 15.2. The van der Waals surface area contributed by atoms with Crippen LogP contribution in [0.1, 0.15) is 30.4 Å². The van der Waals surface area contributed by atoms with Gasteiger partial charge in [0.05, 0.1) is 0 Å². The number of aryl methyl sites for hydroxylation is 1. The number of likely N-dealkylation sites (tertiary alicyclic amines) is 1. The Morgan fingerprint density at radius 3 is 2.76 bits per heavy atom. The lowest BCUT2D eigenvalue weighted by Crippen LogP contribution is -2.44. The second-order valence-electron chi connectivity index (χ2n) is 5.49. The number of urea groups is 1. The first-order chi connectivity index (χ1) is 10.1. The molecule has 0 radical (unpaired) electrons. The molecule has 0 unspecified atom stereocenters. The molecular weight excluding hydrogens is 270 g/mol. The predicted octanol–water partition coefficient (Wildman–Crippen LogP) is 1.79. The highest BCUT2D eigenvalue weighted by atomic mass is 16.4. The summed E-state index contributed by atoms with van der Waals surface area (Å²) in [6, 6.07) is 1.82. The number of rotatable bonds is 4. The van der Waals surface area contributed by atoms with E-state index in [0.717, 1.165) is 24.0 Å². The van der Waals surface area contributed by atoms with Gasteiger partial charge in [0.25, 0.3) is 0 Å². The van der Waals surface area contributed by atoms with Crippen LogP contribution in [-0.4, -0.2) is 40.1 Å². The lowest BCUT2D eigenvalue weighted by molar-refractivity contribution is -0.138. The first-order valence-corrected chi connectivity index (χ1v) is 7.20. The number of nitrogens with zero attached hydrogens (tertiary/aromatic N) is 2. The number of carboxylic acids is 1. The van der Waals surface area contributed by atoms with Crippen molar-refractivity contribution in [1.82, 2.24) is 15.2 Å². The predicted molar refractivity (Wildman–Crippen MR) is 77.8 cm³/mol. The maximum atomic E-state index is 12.1. The molecule has 1 aromatic heterocycles. The van der Waals surface area contributed by atoms with Gasteiger partial charge in [-0.05, 0) is 42.9 Å². The Balaban J connectivity index is 1.77. The van der Waals surface area contributed by atoms with Crippen LogP contribution < -0.4 is 5.32 Å². The molecule has 2 rings (SSSR count). The van der Waals surface area contributed by atoms with Crippen molar-refractivity contribution in [1.29, 1.82) is 0 Å². The highest BCUT2D eigenvalue weighted by molar-refractivity contribution is 5.74. The van der Waals surface area contributed by atoms with Crippen molar-refractivity contribution in [2.24, 2.45) is 5.92 Å². The molecule has 1 saturated heterocycles. The number of carbonyl (C=O) groups is 2. The molecule has 21 heavy (non-hydrogen) atoms. The zero-order valence-corrected chi connectivity index (χ0v) is 12.2. The van der Waals surface area contributed by atoms with Gasteiger partial charge in [-0.3, -0.25) is 9.78 Å². The smallest absolute Gasteiger partial charge is 0.317 e. The number of pyridine rings is 1. The Morgan fingerprint density at radius 2 is 2.14 bits per heavy atom. The van der Waals surface area contributed by atoms with Gasteiger partial charge in [-0.2, -0.15) is 0 Å². The van der Waals surface area contributed by atoms with Gasteiger partial charge in [-0.15, -0.1) is 0 Å². The maximum absolute atomic E-state index is 12.1. The molecule has 6 nitrogen and oxygen atoms in total. The van der Waals surface area contributed by atoms with Crippen LogP contribution in [0.15, 0.2) is 18.5 Å². The molecule has 1 fully saturated rings. The minimum Gasteiger partial charge on any atom is -0.481 e. The van der Waals surface area contributed by atoms with Crippen LogP contribution in [0.3, 0.4) is 0 Å². The van der Waals surface area contributed by atoms with Crippen molar-refractivity contribution in [2.75, 3.05) is 13.1 Å². The van der Waals surface area contributed by atoms with Crippen molar-refractivity contribution in [3.8, 4) is 0 Å². The van der Waals surface area contributed by atoms with E-state index < -0.39 is 5.97 Å². The number of carboxylic acid groups (broad SMARTS) is 1. The van der Waals surface area contributed by atoms with Crippen LogP contribution in [0.2, 0.25) is 0 Å². The minimum atomic E-state index is -0.759. The molecule has 0 aromatic carbocycles. The topological polar surface area (TPSA) is 82.5 Å². The number of carbonyl (C=O) groups excluding carboxylic acids is 1. The second kappa shape index (κ2) is 7.06. The van der Waals surface area contributed by atoms with Crippen LogP contribution in [0.4, 0.5) is 4.79 Å². The third-order valence-corrected chi connectivity index (χ3v) is 3.94. The fraction of sp³-hybridized carbons (Fsp3) is 0.533. The quantitative estimate of drug-likeness (QED) is 0.886. The molecule has 0 spiro atoms. The number of amides is 2. The summed E-state index contributed by atoms with van der Waals surface area (Å²) in [5.41, 5.74) is 2.11. The first-order valence-electron chi connectivity index (χ1n) is 7.20. The molecule has 1 aliphatic rings. The number of hydrogen-bond acceptors (Lipinski definition) is 3. The van der Waals surface area contributed by atoms with Crippen molar-refractivity contribution in [2.45, 2.75) is 32.7 Å². The highest BCUT2D eigenvalue weighted by Crippen LogP contribution is 2.20. The molecule has 0 bridgehead atoms. The third-order valence-electron chi connectivity index (χ3n) is 3.94. The van der Waals surface area contributed by atoms with Crippen LogP contribution in [0.25, 0.3) is 0 Å². The molecule has 0 saturated carbocycles. The molecule has 2 amide bonds. The molecule has 114 valence electrons. The fourth-order valence-electron chi connectivity index (χ4n) is 2.55. The summed E-state index contributed by atoms with van der Waals surface area (Å²) in [4.78, 5) is 28.6. The van der Waals surface area contributed by atoms with E-state index in [1.807, 2.05) is 13.0 Å². The number of nitrogens with one attached hydrogen (secondary N) is 1. The number of piperidine rings is 1. The Kier molecular flexibility index (Phi) is 5.14. The minimum absolute atomic E-state index is 0.0907. The fourth-order valence-corrected chi connectivity index (χ4v) is 2.55. The Bertz CT molecular complexity index is 511. The van der Waals surface area contributed by atoms with Crippen LogP contribution >= 0.6 is 0 Å². The van der Waals surface area contributed by atoms with Crippen LogP contribution in [0, 0.1) is 12.8 Å². The molecule has 1 aliphatic heterocycles. The monoisotopic (exact) mass is 291 g/mol. The van der Waals surface area contributed by atoms with Gasteiger partial charge in [0.1, 0.15) is 0 Å². The number of aliphatic carboxylic acids is 1. The summed E-state index contributed by atoms with van der Waals surface area (Å²) >= 11 is 0. The molecule has 6 heteroatoms. The lowest BCUT2D eigenvalue weighted by Gasteiger charge is -2.31. The van der Waals surface area contributed by atoms with Gasteiger partial charge in [0.2, 0.25) is 0 Å². The summed E-state index contributed by atoms with van der Waals surface area (Å²) in [5.74, 6) is -0.572.